The molecule has 1 aliphatic heterocycles. The number of hydrogen-bond acceptors (Lipinski definition) is 8. The van der Waals surface area contributed by atoms with Gasteiger partial charge in [0.1, 0.15) is 11.5 Å². The van der Waals surface area contributed by atoms with Crippen LogP contribution in [0.3, 0.4) is 0 Å². The summed E-state index contributed by atoms with van der Waals surface area (Å²) in [5, 5.41) is 39.4. The molecule has 0 amide bonds. The molecule has 1 heterocycles. The van der Waals surface area contributed by atoms with E-state index >= 15 is 0 Å². The first kappa shape index (κ1) is 22.2. The molecule has 4 N–H and O–H groups in total. The molecule has 0 bridgehead atoms. The van der Waals surface area contributed by atoms with E-state index in [1.165, 1.54) is 32.4 Å². The second-order valence-electron chi connectivity index (χ2n) is 7.47. The number of hydrogen-bond donors (Lipinski definition) is 4. The largest absolute Gasteiger partial charge is 0.508 e. The minimum absolute atomic E-state index is 0.0329. The minimum Gasteiger partial charge on any atom is -0.508 e. The lowest BCUT2D eigenvalue weighted by atomic mass is 10.0. The molecule has 33 heavy (non-hydrogen) atoms. The molecular weight excluding hydrogens is 428 g/mol. The number of phenolic OH excluding ortho intramolecular Hbond substituents is 3. The number of benzene rings is 3. The van der Waals surface area contributed by atoms with Crippen molar-refractivity contribution in [3.05, 3.63) is 65.2 Å². The number of ether oxygens (including phenoxy) is 4. The Morgan fingerprint density at radius 3 is 2.03 bits per heavy atom. The number of rotatable bonds is 6. The molecule has 172 valence electrons. The molecule has 2 atom stereocenters. The van der Waals surface area contributed by atoms with E-state index < -0.39 is 12.2 Å². The van der Waals surface area contributed by atoms with Crippen LogP contribution in [0.1, 0.15) is 22.8 Å². The number of fused-ring (bicyclic) bond motifs is 1. The topological polar surface area (TPSA) is 118 Å². The van der Waals surface area contributed by atoms with Crippen LogP contribution in [-0.4, -0.2) is 47.4 Å². The van der Waals surface area contributed by atoms with Gasteiger partial charge in [-0.05, 0) is 47.5 Å². The Morgan fingerprint density at radius 1 is 0.788 bits per heavy atom. The van der Waals surface area contributed by atoms with Crippen molar-refractivity contribution in [1.29, 1.82) is 0 Å². The highest BCUT2D eigenvalue weighted by Gasteiger charge is 2.34. The number of aromatic hydroxyl groups is 3. The summed E-state index contributed by atoms with van der Waals surface area (Å²) in [5.41, 5.74) is 2.02. The quantitative estimate of drug-likeness (QED) is 0.417. The first-order valence-electron chi connectivity index (χ1n) is 10.2. The van der Waals surface area contributed by atoms with E-state index in [1.807, 2.05) is 6.07 Å². The highest BCUT2D eigenvalue weighted by Crippen LogP contribution is 2.44. The van der Waals surface area contributed by atoms with Crippen molar-refractivity contribution < 1.29 is 39.4 Å². The Balaban J connectivity index is 1.65. The van der Waals surface area contributed by atoms with Crippen LogP contribution in [0.5, 0.6) is 40.2 Å². The van der Waals surface area contributed by atoms with Crippen LogP contribution in [0, 0.1) is 0 Å². The van der Waals surface area contributed by atoms with Crippen LogP contribution >= 0.6 is 0 Å². The first-order valence-corrected chi connectivity index (χ1v) is 10.2. The second-order valence-corrected chi connectivity index (χ2v) is 7.47. The zero-order valence-corrected chi connectivity index (χ0v) is 18.1. The van der Waals surface area contributed by atoms with Gasteiger partial charge in [-0.25, -0.2) is 0 Å². The van der Waals surface area contributed by atoms with Crippen LogP contribution in [-0.2, 0) is 0 Å². The molecule has 1 aliphatic rings. The maximum Gasteiger partial charge on any atom is 0.200 e. The molecule has 0 aromatic heterocycles. The standard InChI is InChI=1S/C25H24O8/c1-30-21-10-16(11-22(31-2)24(21)29)25-23(13-26)32-19-6-5-14(9-20(19)33-25)3-4-15-7-17(27)12-18(28)8-15/h3-12,23,25-29H,13H2,1-2H3/b4-3+/t23-,25+/m0/s1. The lowest BCUT2D eigenvalue weighted by molar-refractivity contribution is -0.0124. The summed E-state index contributed by atoms with van der Waals surface area (Å²) < 4.78 is 22.6. The van der Waals surface area contributed by atoms with Crippen LogP contribution in [0.4, 0.5) is 0 Å². The van der Waals surface area contributed by atoms with Crippen molar-refractivity contribution in [2.75, 3.05) is 20.8 Å². The fourth-order valence-electron chi connectivity index (χ4n) is 3.66. The summed E-state index contributed by atoms with van der Waals surface area (Å²) in [6.07, 6.45) is 2.17. The third kappa shape index (κ3) is 4.61. The summed E-state index contributed by atoms with van der Waals surface area (Å²) in [5.74, 6) is 1.17. The highest BCUT2D eigenvalue weighted by atomic mass is 16.6. The Labute approximate surface area is 190 Å². The number of aliphatic hydroxyl groups is 1. The van der Waals surface area contributed by atoms with Crippen molar-refractivity contribution >= 4 is 12.2 Å². The lowest BCUT2D eigenvalue weighted by Gasteiger charge is -2.33. The van der Waals surface area contributed by atoms with Gasteiger partial charge < -0.3 is 39.4 Å². The molecule has 3 aromatic carbocycles. The fourth-order valence-corrected chi connectivity index (χ4v) is 3.66. The Hall–Kier alpha value is -4.04. The Kier molecular flexibility index (Phi) is 6.19. The molecule has 0 unspecified atom stereocenters. The van der Waals surface area contributed by atoms with Gasteiger partial charge >= 0.3 is 0 Å². The van der Waals surface area contributed by atoms with Crippen molar-refractivity contribution in [3.63, 3.8) is 0 Å². The van der Waals surface area contributed by atoms with Crippen molar-refractivity contribution in [1.82, 2.24) is 0 Å². The summed E-state index contributed by atoms with van der Waals surface area (Å²) >= 11 is 0. The van der Waals surface area contributed by atoms with Gasteiger partial charge in [0.05, 0.1) is 20.8 Å². The van der Waals surface area contributed by atoms with Gasteiger partial charge in [0, 0.05) is 11.6 Å². The molecule has 4 rings (SSSR count). The maximum absolute atomic E-state index is 10.2. The molecule has 0 saturated heterocycles. The average Bonchev–Trinajstić information content (AvgIpc) is 2.81. The van der Waals surface area contributed by atoms with Gasteiger partial charge in [-0.3, -0.25) is 0 Å². The average molecular weight is 452 g/mol. The zero-order chi connectivity index (χ0) is 23.5. The van der Waals surface area contributed by atoms with Gasteiger partial charge in [0.15, 0.2) is 35.2 Å². The second kappa shape index (κ2) is 9.22. The summed E-state index contributed by atoms with van der Waals surface area (Å²) in [4.78, 5) is 0. The molecule has 0 saturated carbocycles. The predicted octanol–water partition coefficient (Wildman–Crippen LogP) is 3.86. The first-order chi connectivity index (χ1) is 15.9. The monoisotopic (exact) mass is 452 g/mol. The summed E-state index contributed by atoms with van der Waals surface area (Å²) in [7, 11) is 2.86. The molecule has 0 aliphatic carbocycles. The SMILES string of the molecule is COc1cc([C@H]2Oc3cc(/C=C/c4cc(O)cc(O)c4)ccc3O[C@H]2CO)cc(OC)c1O. The fraction of sp³-hybridized carbons (Fsp3) is 0.200. The van der Waals surface area contributed by atoms with E-state index in [1.54, 1.807) is 36.4 Å². The smallest absolute Gasteiger partial charge is 0.200 e. The number of aliphatic hydroxyl groups excluding tert-OH is 1. The van der Waals surface area contributed by atoms with E-state index in [9.17, 15) is 20.4 Å². The molecule has 3 aromatic rings. The minimum atomic E-state index is -0.687. The van der Waals surface area contributed by atoms with E-state index in [-0.39, 0.29) is 35.4 Å². The van der Waals surface area contributed by atoms with Gasteiger partial charge in [-0.2, -0.15) is 0 Å². The van der Waals surface area contributed by atoms with E-state index in [0.29, 0.717) is 22.6 Å². The maximum atomic E-state index is 10.2. The summed E-state index contributed by atoms with van der Waals surface area (Å²) in [6, 6.07) is 12.9. The van der Waals surface area contributed by atoms with Crippen molar-refractivity contribution in [3.8, 4) is 40.2 Å². The van der Waals surface area contributed by atoms with Gasteiger partial charge in [0.2, 0.25) is 5.75 Å². The van der Waals surface area contributed by atoms with E-state index in [0.717, 1.165) is 5.56 Å². The Bertz CT molecular complexity index is 1140. The highest BCUT2D eigenvalue weighted by molar-refractivity contribution is 5.72. The van der Waals surface area contributed by atoms with Crippen LogP contribution < -0.4 is 18.9 Å². The van der Waals surface area contributed by atoms with Crippen LogP contribution in [0.25, 0.3) is 12.2 Å². The molecular formula is C25H24O8. The van der Waals surface area contributed by atoms with Gasteiger partial charge in [-0.15, -0.1) is 0 Å². The lowest BCUT2D eigenvalue weighted by Crippen LogP contribution is -2.36. The van der Waals surface area contributed by atoms with Gasteiger partial charge in [0.25, 0.3) is 0 Å². The normalized spacial score (nSPS) is 17.2. The number of methoxy groups -OCH3 is 2. The van der Waals surface area contributed by atoms with Crippen LogP contribution in [0.15, 0.2) is 48.5 Å². The molecule has 8 nitrogen and oxygen atoms in total. The third-order valence-corrected chi connectivity index (χ3v) is 5.24. The van der Waals surface area contributed by atoms with Crippen molar-refractivity contribution in [2.24, 2.45) is 0 Å². The molecule has 0 fully saturated rings. The van der Waals surface area contributed by atoms with Crippen LogP contribution in [0.2, 0.25) is 0 Å². The zero-order valence-electron chi connectivity index (χ0n) is 18.1. The third-order valence-electron chi connectivity index (χ3n) is 5.24. The Morgan fingerprint density at radius 2 is 1.42 bits per heavy atom. The van der Waals surface area contributed by atoms with E-state index in [2.05, 4.69) is 0 Å². The van der Waals surface area contributed by atoms with Gasteiger partial charge in [-0.1, -0.05) is 18.2 Å². The molecule has 0 spiro atoms. The molecule has 8 heteroatoms. The predicted molar refractivity (Wildman–Crippen MR) is 121 cm³/mol. The van der Waals surface area contributed by atoms with Crippen molar-refractivity contribution in [2.45, 2.75) is 12.2 Å². The molecule has 0 radical (unpaired) electrons. The van der Waals surface area contributed by atoms with E-state index in [4.69, 9.17) is 18.9 Å². The summed E-state index contributed by atoms with van der Waals surface area (Å²) in [6.45, 7) is -0.293. The number of phenols is 3.